The average Bonchev–Trinajstić information content (AvgIpc) is 2.55. The summed E-state index contributed by atoms with van der Waals surface area (Å²) in [5, 5.41) is 2.71. The van der Waals surface area contributed by atoms with E-state index in [1.807, 2.05) is 31.2 Å². The molecule has 0 aliphatic heterocycles. The van der Waals surface area contributed by atoms with Gasteiger partial charge in [0.25, 0.3) is 5.91 Å². The summed E-state index contributed by atoms with van der Waals surface area (Å²) in [4.78, 5) is 20.2. The highest BCUT2D eigenvalue weighted by molar-refractivity contribution is 5.93. The first-order valence-corrected chi connectivity index (χ1v) is 7.80. The summed E-state index contributed by atoms with van der Waals surface area (Å²) in [6, 6.07) is 9.20. The Balaban J connectivity index is 2.36. The molecule has 0 aliphatic carbocycles. The van der Waals surface area contributed by atoms with Gasteiger partial charge in [-0.25, -0.2) is 9.97 Å². The highest BCUT2D eigenvalue weighted by atomic mass is 16.5. The number of nitrogen functional groups attached to an aromatic ring is 1. The lowest BCUT2D eigenvalue weighted by atomic mass is 10.1. The van der Waals surface area contributed by atoms with Gasteiger partial charge in [-0.2, -0.15) is 0 Å². The fraction of sp³-hybridized carbons (Fsp3) is 0.353. The van der Waals surface area contributed by atoms with Gasteiger partial charge in [-0.15, -0.1) is 0 Å². The summed E-state index contributed by atoms with van der Waals surface area (Å²) < 4.78 is 5.82. The van der Waals surface area contributed by atoms with Gasteiger partial charge in [0.15, 0.2) is 0 Å². The molecule has 122 valence electrons. The van der Waals surface area contributed by atoms with Gasteiger partial charge in [-0.05, 0) is 31.5 Å². The fourth-order valence-corrected chi connectivity index (χ4v) is 2.10. The molecule has 23 heavy (non-hydrogen) atoms. The van der Waals surface area contributed by atoms with Gasteiger partial charge in [0.2, 0.25) is 5.95 Å². The molecule has 0 saturated carbocycles. The Kier molecular flexibility index (Phi) is 5.91. The largest absolute Gasteiger partial charge is 0.493 e. The first-order chi connectivity index (χ1) is 11.2. The average molecular weight is 314 g/mol. The molecule has 1 aromatic carbocycles. The molecular weight excluding hydrogens is 292 g/mol. The summed E-state index contributed by atoms with van der Waals surface area (Å²) in [6.07, 6.45) is 2.04. The third kappa shape index (κ3) is 4.42. The third-order valence-corrected chi connectivity index (χ3v) is 3.23. The molecule has 1 aromatic heterocycles. The number of nitrogens with one attached hydrogen (secondary N) is 1. The predicted molar refractivity (Wildman–Crippen MR) is 90.3 cm³/mol. The maximum Gasteiger partial charge on any atom is 0.270 e. The number of rotatable bonds is 7. The van der Waals surface area contributed by atoms with Crippen LogP contribution in [-0.4, -0.2) is 29.0 Å². The Morgan fingerprint density at radius 3 is 2.78 bits per heavy atom. The van der Waals surface area contributed by atoms with Gasteiger partial charge in [0.05, 0.1) is 12.3 Å². The molecule has 0 bridgehead atoms. The van der Waals surface area contributed by atoms with E-state index in [0.29, 0.717) is 18.8 Å². The van der Waals surface area contributed by atoms with E-state index < -0.39 is 0 Å². The van der Waals surface area contributed by atoms with Crippen LogP contribution in [0.15, 0.2) is 30.3 Å². The van der Waals surface area contributed by atoms with E-state index in [0.717, 1.165) is 24.2 Å². The number of para-hydroxylation sites is 1. The lowest BCUT2D eigenvalue weighted by Gasteiger charge is -2.12. The zero-order valence-corrected chi connectivity index (χ0v) is 13.5. The summed E-state index contributed by atoms with van der Waals surface area (Å²) in [5.74, 6) is 0.514. The lowest BCUT2D eigenvalue weighted by molar-refractivity contribution is 0.0951. The molecule has 2 aromatic rings. The number of amides is 1. The van der Waals surface area contributed by atoms with Crippen LogP contribution >= 0.6 is 0 Å². The van der Waals surface area contributed by atoms with Crippen molar-refractivity contribution in [2.45, 2.75) is 26.7 Å². The highest BCUT2D eigenvalue weighted by Crippen LogP contribution is 2.29. The third-order valence-electron chi connectivity index (χ3n) is 3.23. The van der Waals surface area contributed by atoms with Gasteiger partial charge >= 0.3 is 0 Å². The standard InChI is InChI=1S/C17H22N4O2/c1-3-5-10-23-15-9-7-6-8-12(15)13-11-14(16(22)19-4-2)21-17(18)20-13/h6-9,11H,3-5,10H2,1-2H3,(H,19,22)(H2,18,20,21). The van der Waals surface area contributed by atoms with E-state index in [-0.39, 0.29) is 17.5 Å². The van der Waals surface area contributed by atoms with Crippen LogP contribution in [0.5, 0.6) is 5.75 Å². The van der Waals surface area contributed by atoms with Crippen molar-refractivity contribution >= 4 is 11.9 Å². The molecule has 0 saturated heterocycles. The Labute approximate surface area is 136 Å². The summed E-state index contributed by atoms with van der Waals surface area (Å²) in [7, 11) is 0. The van der Waals surface area contributed by atoms with Crippen molar-refractivity contribution in [2.75, 3.05) is 18.9 Å². The number of carbonyl (C=O) groups excluding carboxylic acids is 1. The van der Waals surface area contributed by atoms with Gasteiger partial charge in [-0.1, -0.05) is 25.5 Å². The lowest BCUT2D eigenvalue weighted by Crippen LogP contribution is -2.24. The van der Waals surface area contributed by atoms with Crippen molar-refractivity contribution in [2.24, 2.45) is 0 Å². The summed E-state index contributed by atoms with van der Waals surface area (Å²) in [6.45, 7) is 5.12. The minimum Gasteiger partial charge on any atom is -0.493 e. The number of benzene rings is 1. The van der Waals surface area contributed by atoms with Crippen LogP contribution in [-0.2, 0) is 0 Å². The Hall–Kier alpha value is -2.63. The molecule has 0 radical (unpaired) electrons. The van der Waals surface area contributed by atoms with Gasteiger partial charge in [0.1, 0.15) is 11.4 Å². The smallest absolute Gasteiger partial charge is 0.270 e. The number of unbranched alkanes of at least 4 members (excludes halogenated alkanes) is 1. The molecule has 3 N–H and O–H groups in total. The number of hydrogen-bond acceptors (Lipinski definition) is 5. The van der Waals surface area contributed by atoms with E-state index >= 15 is 0 Å². The van der Waals surface area contributed by atoms with Crippen LogP contribution in [0.4, 0.5) is 5.95 Å². The summed E-state index contributed by atoms with van der Waals surface area (Å²) in [5.41, 5.74) is 7.38. The van der Waals surface area contributed by atoms with Gasteiger partial charge < -0.3 is 15.8 Å². The Morgan fingerprint density at radius 2 is 2.04 bits per heavy atom. The molecule has 6 nitrogen and oxygen atoms in total. The maximum atomic E-state index is 12.0. The molecule has 0 atom stereocenters. The number of nitrogens with zero attached hydrogens (tertiary/aromatic N) is 2. The Bertz CT molecular complexity index is 673. The van der Waals surface area contributed by atoms with Crippen LogP contribution in [0.25, 0.3) is 11.3 Å². The number of aromatic nitrogens is 2. The van der Waals surface area contributed by atoms with E-state index in [2.05, 4.69) is 22.2 Å². The SMILES string of the molecule is CCCCOc1ccccc1-c1cc(C(=O)NCC)nc(N)n1. The molecule has 0 unspecified atom stereocenters. The molecule has 1 heterocycles. The minimum atomic E-state index is -0.271. The van der Waals surface area contributed by atoms with E-state index in [9.17, 15) is 4.79 Å². The zero-order chi connectivity index (χ0) is 16.7. The van der Waals surface area contributed by atoms with Gasteiger partial charge in [0, 0.05) is 12.1 Å². The molecule has 0 fully saturated rings. The van der Waals surface area contributed by atoms with Crippen molar-refractivity contribution in [3.63, 3.8) is 0 Å². The summed E-state index contributed by atoms with van der Waals surface area (Å²) >= 11 is 0. The van der Waals surface area contributed by atoms with Crippen molar-refractivity contribution in [3.05, 3.63) is 36.0 Å². The first kappa shape index (κ1) is 16.7. The minimum absolute atomic E-state index is 0.0621. The topological polar surface area (TPSA) is 90.1 Å². The molecular formula is C17H22N4O2. The molecule has 0 aliphatic rings. The molecule has 6 heteroatoms. The van der Waals surface area contributed by atoms with Crippen molar-refractivity contribution < 1.29 is 9.53 Å². The Morgan fingerprint density at radius 1 is 1.26 bits per heavy atom. The number of carbonyl (C=O) groups is 1. The number of hydrogen-bond donors (Lipinski definition) is 2. The number of nitrogens with two attached hydrogens (primary N) is 1. The van der Waals surface area contributed by atoms with E-state index in [1.165, 1.54) is 0 Å². The second kappa shape index (κ2) is 8.12. The second-order valence-electron chi connectivity index (χ2n) is 5.05. The quantitative estimate of drug-likeness (QED) is 0.767. The van der Waals surface area contributed by atoms with Crippen molar-refractivity contribution in [3.8, 4) is 17.0 Å². The predicted octanol–water partition coefficient (Wildman–Crippen LogP) is 2.65. The maximum absolute atomic E-state index is 12.0. The molecule has 1 amide bonds. The van der Waals surface area contributed by atoms with Crippen LogP contribution in [0, 0.1) is 0 Å². The van der Waals surface area contributed by atoms with Crippen molar-refractivity contribution in [1.82, 2.24) is 15.3 Å². The van der Waals surface area contributed by atoms with Crippen LogP contribution in [0.1, 0.15) is 37.2 Å². The van der Waals surface area contributed by atoms with Crippen LogP contribution < -0.4 is 15.8 Å². The van der Waals surface area contributed by atoms with E-state index in [1.54, 1.807) is 6.07 Å². The first-order valence-electron chi connectivity index (χ1n) is 7.80. The molecule has 0 spiro atoms. The van der Waals surface area contributed by atoms with Crippen LogP contribution in [0.2, 0.25) is 0 Å². The number of ether oxygens (including phenoxy) is 1. The molecule has 2 rings (SSSR count). The highest BCUT2D eigenvalue weighted by Gasteiger charge is 2.13. The van der Waals surface area contributed by atoms with E-state index in [4.69, 9.17) is 10.5 Å². The normalized spacial score (nSPS) is 10.3. The fourth-order valence-electron chi connectivity index (χ4n) is 2.10. The monoisotopic (exact) mass is 314 g/mol. The zero-order valence-electron chi connectivity index (χ0n) is 13.5. The number of anilines is 1. The van der Waals surface area contributed by atoms with Crippen LogP contribution in [0.3, 0.4) is 0 Å². The van der Waals surface area contributed by atoms with Gasteiger partial charge in [-0.3, -0.25) is 4.79 Å². The van der Waals surface area contributed by atoms with Crippen molar-refractivity contribution in [1.29, 1.82) is 0 Å². The second-order valence-corrected chi connectivity index (χ2v) is 5.05.